The summed E-state index contributed by atoms with van der Waals surface area (Å²) in [6.45, 7) is 3.96. The van der Waals surface area contributed by atoms with Crippen LogP contribution in [0.4, 0.5) is 0 Å². The molecule has 0 spiro atoms. The van der Waals surface area contributed by atoms with Crippen LogP contribution < -0.4 is 15.4 Å². The van der Waals surface area contributed by atoms with Crippen LogP contribution in [-0.2, 0) is 13.0 Å². The number of hydrogen-bond acceptors (Lipinski definition) is 5. The zero-order valence-corrected chi connectivity index (χ0v) is 17.5. The van der Waals surface area contributed by atoms with E-state index in [1.54, 1.807) is 31.6 Å². The fraction of sp³-hybridized carbons (Fsp3) is 0.476. The smallest absolute Gasteiger partial charge is 0.191 e. The van der Waals surface area contributed by atoms with Crippen LogP contribution in [0.25, 0.3) is 0 Å². The number of piperidine rings is 1. The Morgan fingerprint density at radius 1 is 1.32 bits per heavy atom. The van der Waals surface area contributed by atoms with Crippen molar-refractivity contribution in [1.82, 2.24) is 15.5 Å². The van der Waals surface area contributed by atoms with E-state index in [4.69, 9.17) is 4.74 Å². The monoisotopic (exact) mass is 402 g/mol. The van der Waals surface area contributed by atoms with Gasteiger partial charge in [-0.1, -0.05) is 6.07 Å². The molecule has 1 fully saturated rings. The number of likely N-dealkylation sites (tertiary alicyclic amines) is 1. The highest BCUT2D eigenvalue weighted by Gasteiger charge is 2.20. The van der Waals surface area contributed by atoms with Gasteiger partial charge in [-0.15, -0.1) is 0 Å². The second-order valence-corrected chi connectivity index (χ2v) is 7.85. The molecule has 7 heteroatoms. The average Bonchev–Trinajstić information content (AvgIpc) is 3.22. The molecule has 0 amide bonds. The molecule has 28 heavy (non-hydrogen) atoms. The maximum absolute atomic E-state index is 10.1. The van der Waals surface area contributed by atoms with Gasteiger partial charge in [0.1, 0.15) is 11.5 Å². The first-order valence-electron chi connectivity index (χ1n) is 9.74. The summed E-state index contributed by atoms with van der Waals surface area (Å²) >= 11 is 1.76. The third-order valence-electron chi connectivity index (χ3n) is 5.12. The molecule has 1 aromatic carbocycles. The predicted molar refractivity (Wildman–Crippen MR) is 115 cm³/mol. The van der Waals surface area contributed by atoms with Gasteiger partial charge in [0.15, 0.2) is 5.96 Å². The van der Waals surface area contributed by atoms with Gasteiger partial charge < -0.3 is 20.5 Å². The van der Waals surface area contributed by atoms with Crippen LogP contribution in [0.15, 0.2) is 40.0 Å². The van der Waals surface area contributed by atoms with Crippen LogP contribution in [0.1, 0.15) is 24.0 Å². The third kappa shape index (κ3) is 5.87. The molecule has 152 valence electrons. The van der Waals surface area contributed by atoms with Gasteiger partial charge in [-0.05, 0) is 53.3 Å². The summed E-state index contributed by atoms with van der Waals surface area (Å²) in [5, 5.41) is 21.3. The lowest BCUT2D eigenvalue weighted by Gasteiger charge is -2.33. The lowest BCUT2D eigenvalue weighted by Crippen LogP contribution is -2.48. The Kier molecular flexibility index (Phi) is 7.56. The standard InChI is InChI=1S/C21H30N4O2S/c1-22-21(23-9-5-17-3-4-19(27-2)13-20(17)26)24-18-6-10-25(11-7-18)14-16-8-12-28-15-16/h3-4,8,12-13,15,18,26H,5-7,9-11,14H2,1-2H3,(H2,22,23,24). The maximum Gasteiger partial charge on any atom is 0.191 e. The molecule has 6 nitrogen and oxygen atoms in total. The molecule has 2 heterocycles. The number of thiophene rings is 1. The molecular formula is C21H30N4O2S. The lowest BCUT2D eigenvalue weighted by molar-refractivity contribution is 0.198. The minimum Gasteiger partial charge on any atom is -0.508 e. The van der Waals surface area contributed by atoms with E-state index >= 15 is 0 Å². The first-order chi connectivity index (χ1) is 13.7. The fourth-order valence-corrected chi connectivity index (χ4v) is 4.12. The van der Waals surface area contributed by atoms with Crippen molar-refractivity contribution in [2.45, 2.75) is 31.8 Å². The molecule has 0 aliphatic carbocycles. The summed E-state index contributed by atoms with van der Waals surface area (Å²) in [5.41, 5.74) is 2.31. The number of benzene rings is 1. The maximum atomic E-state index is 10.1. The Hall–Kier alpha value is -2.25. The van der Waals surface area contributed by atoms with Crippen LogP contribution in [-0.4, -0.2) is 55.8 Å². The summed E-state index contributed by atoms with van der Waals surface area (Å²) in [5.74, 6) is 1.75. The topological polar surface area (TPSA) is 69.1 Å². The van der Waals surface area contributed by atoms with Gasteiger partial charge in [0.2, 0.25) is 0 Å². The molecule has 3 N–H and O–H groups in total. The Morgan fingerprint density at radius 3 is 2.79 bits per heavy atom. The van der Waals surface area contributed by atoms with E-state index in [9.17, 15) is 5.11 Å². The summed E-state index contributed by atoms with van der Waals surface area (Å²) < 4.78 is 5.12. The van der Waals surface area contributed by atoms with Gasteiger partial charge in [0.05, 0.1) is 7.11 Å². The van der Waals surface area contributed by atoms with Crippen molar-refractivity contribution in [3.05, 3.63) is 46.2 Å². The average molecular weight is 403 g/mol. The largest absolute Gasteiger partial charge is 0.508 e. The van der Waals surface area contributed by atoms with E-state index in [-0.39, 0.29) is 5.75 Å². The molecule has 3 rings (SSSR count). The molecule has 0 saturated carbocycles. The van der Waals surface area contributed by atoms with Crippen LogP contribution >= 0.6 is 11.3 Å². The van der Waals surface area contributed by atoms with Gasteiger partial charge in [0.25, 0.3) is 0 Å². The fourth-order valence-electron chi connectivity index (χ4n) is 3.46. The molecule has 0 bridgehead atoms. The van der Waals surface area contributed by atoms with Gasteiger partial charge in [-0.25, -0.2) is 0 Å². The predicted octanol–water partition coefficient (Wildman–Crippen LogP) is 2.83. The van der Waals surface area contributed by atoms with Gasteiger partial charge in [0, 0.05) is 45.3 Å². The molecule has 0 unspecified atom stereocenters. The number of guanidine groups is 1. The number of aliphatic imine (C=N–C) groups is 1. The van der Waals surface area contributed by atoms with Crippen molar-refractivity contribution in [1.29, 1.82) is 0 Å². The molecule has 1 aliphatic rings. The zero-order valence-electron chi connectivity index (χ0n) is 16.6. The second kappa shape index (κ2) is 10.3. The third-order valence-corrected chi connectivity index (χ3v) is 5.85. The van der Waals surface area contributed by atoms with Crippen LogP contribution in [0.3, 0.4) is 0 Å². The minimum absolute atomic E-state index is 0.266. The highest BCUT2D eigenvalue weighted by Crippen LogP contribution is 2.23. The van der Waals surface area contributed by atoms with Crippen molar-refractivity contribution in [2.24, 2.45) is 4.99 Å². The van der Waals surface area contributed by atoms with E-state index in [1.165, 1.54) is 5.56 Å². The van der Waals surface area contributed by atoms with Crippen molar-refractivity contribution in [2.75, 3.05) is 33.8 Å². The van der Waals surface area contributed by atoms with Crippen LogP contribution in [0.2, 0.25) is 0 Å². The molecule has 2 aromatic rings. The number of aromatic hydroxyl groups is 1. The van der Waals surface area contributed by atoms with Crippen molar-refractivity contribution < 1.29 is 9.84 Å². The number of nitrogens with one attached hydrogen (secondary N) is 2. The Bertz CT molecular complexity index is 756. The summed E-state index contributed by atoms with van der Waals surface area (Å²) in [6, 6.07) is 8.06. The number of phenolic OH excluding ortho intramolecular Hbond substituents is 1. The van der Waals surface area contributed by atoms with Crippen molar-refractivity contribution in [3.8, 4) is 11.5 Å². The van der Waals surface area contributed by atoms with Crippen LogP contribution in [0, 0.1) is 0 Å². The Morgan fingerprint density at radius 2 is 2.14 bits per heavy atom. The number of phenols is 1. The van der Waals surface area contributed by atoms with Crippen LogP contribution in [0.5, 0.6) is 11.5 Å². The molecular weight excluding hydrogens is 372 g/mol. The van der Waals surface area contributed by atoms with Crippen molar-refractivity contribution >= 4 is 17.3 Å². The first-order valence-corrected chi connectivity index (χ1v) is 10.7. The van der Waals surface area contributed by atoms with Gasteiger partial charge in [-0.3, -0.25) is 9.89 Å². The molecule has 1 aromatic heterocycles. The summed E-state index contributed by atoms with van der Waals surface area (Å²) in [4.78, 5) is 6.86. The van der Waals surface area contributed by atoms with E-state index in [0.717, 1.165) is 50.4 Å². The number of hydrogen-bond donors (Lipinski definition) is 3. The Balaban J connectivity index is 1.39. The Labute approximate surface area is 171 Å². The number of ether oxygens (including phenoxy) is 1. The van der Waals surface area contributed by atoms with E-state index in [1.807, 2.05) is 12.1 Å². The molecule has 0 atom stereocenters. The second-order valence-electron chi connectivity index (χ2n) is 7.07. The van der Waals surface area contributed by atoms with Gasteiger partial charge in [-0.2, -0.15) is 11.3 Å². The molecule has 0 radical (unpaired) electrons. The first kappa shape index (κ1) is 20.5. The molecule has 1 saturated heterocycles. The number of nitrogens with zero attached hydrogens (tertiary/aromatic N) is 2. The van der Waals surface area contributed by atoms with Crippen molar-refractivity contribution in [3.63, 3.8) is 0 Å². The SMILES string of the molecule is CN=C(NCCc1ccc(OC)cc1O)NC1CCN(Cc2ccsc2)CC1. The summed E-state index contributed by atoms with van der Waals surface area (Å²) in [7, 11) is 3.39. The molecule has 1 aliphatic heterocycles. The highest BCUT2D eigenvalue weighted by molar-refractivity contribution is 7.07. The van der Waals surface area contributed by atoms with E-state index in [0.29, 0.717) is 18.3 Å². The number of methoxy groups -OCH3 is 1. The quantitative estimate of drug-likeness (QED) is 0.491. The normalized spacial score (nSPS) is 16.1. The van der Waals surface area contributed by atoms with Gasteiger partial charge >= 0.3 is 0 Å². The lowest BCUT2D eigenvalue weighted by atomic mass is 10.0. The minimum atomic E-state index is 0.266. The van der Waals surface area contributed by atoms with E-state index < -0.39 is 0 Å². The summed E-state index contributed by atoms with van der Waals surface area (Å²) in [6.07, 6.45) is 2.95. The number of rotatable bonds is 7. The zero-order chi connectivity index (χ0) is 19.8. The highest BCUT2D eigenvalue weighted by atomic mass is 32.1. The van der Waals surface area contributed by atoms with E-state index in [2.05, 4.69) is 37.4 Å².